The molecule has 0 radical (unpaired) electrons. The Balaban J connectivity index is 1.49. The van der Waals surface area contributed by atoms with Gasteiger partial charge in [-0.05, 0) is 36.8 Å². The molecule has 1 aliphatic rings. The molecular formula is C16H14N2O5S2. The van der Waals surface area contributed by atoms with Crippen molar-refractivity contribution in [3.8, 4) is 22.1 Å². The third kappa shape index (κ3) is 3.26. The monoisotopic (exact) mass is 378 g/mol. The standard InChI is InChI=1S/C16H14N2O5S2/c1-10-6-14(23-18-10)15-4-5-16(24-15)25(19,20)17-8-11-2-3-12-13(7-11)22-9-21-12/h2-7,17H,8-9H2,1H3. The van der Waals surface area contributed by atoms with E-state index in [0.717, 1.165) is 22.6 Å². The topological polar surface area (TPSA) is 90.7 Å². The maximum atomic E-state index is 12.5. The molecule has 1 aromatic carbocycles. The Morgan fingerprint density at radius 2 is 2.00 bits per heavy atom. The third-order valence-corrected chi connectivity index (χ3v) is 6.61. The number of benzene rings is 1. The fourth-order valence-electron chi connectivity index (χ4n) is 2.38. The van der Waals surface area contributed by atoms with E-state index in [9.17, 15) is 8.42 Å². The molecular weight excluding hydrogens is 364 g/mol. The summed E-state index contributed by atoms with van der Waals surface area (Å²) < 4.78 is 43.5. The molecule has 25 heavy (non-hydrogen) atoms. The number of hydrogen-bond acceptors (Lipinski definition) is 7. The van der Waals surface area contributed by atoms with Gasteiger partial charge >= 0.3 is 0 Å². The minimum atomic E-state index is -3.62. The van der Waals surface area contributed by atoms with Gasteiger partial charge in [-0.1, -0.05) is 11.2 Å². The van der Waals surface area contributed by atoms with Crippen LogP contribution >= 0.6 is 11.3 Å². The minimum absolute atomic E-state index is 0.160. The summed E-state index contributed by atoms with van der Waals surface area (Å²) in [5.41, 5.74) is 1.53. The second-order valence-corrected chi connectivity index (χ2v) is 8.54. The summed E-state index contributed by atoms with van der Waals surface area (Å²) in [5.74, 6) is 1.84. The molecule has 0 aliphatic carbocycles. The maximum absolute atomic E-state index is 12.5. The van der Waals surface area contributed by atoms with E-state index in [-0.39, 0.29) is 17.5 Å². The van der Waals surface area contributed by atoms with Gasteiger partial charge in [0.25, 0.3) is 0 Å². The smallest absolute Gasteiger partial charge is 0.250 e. The largest absolute Gasteiger partial charge is 0.454 e. The summed E-state index contributed by atoms with van der Waals surface area (Å²) >= 11 is 1.13. The zero-order chi connectivity index (χ0) is 17.4. The summed E-state index contributed by atoms with van der Waals surface area (Å²) in [4.78, 5) is 0.712. The van der Waals surface area contributed by atoms with E-state index >= 15 is 0 Å². The fraction of sp³-hybridized carbons (Fsp3) is 0.188. The van der Waals surface area contributed by atoms with E-state index in [1.807, 2.05) is 6.92 Å². The average molecular weight is 378 g/mol. The van der Waals surface area contributed by atoms with Crippen LogP contribution in [0.15, 0.2) is 45.1 Å². The number of aryl methyl sites for hydroxylation is 1. The van der Waals surface area contributed by atoms with Gasteiger partial charge < -0.3 is 14.0 Å². The lowest BCUT2D eigenvalue weighted by atomic mass is 10.2. The first-order valence-corrected chi connectivity index (χ1v) is 9.73. The first-order chi connectivity index (χ1) is 12.0. The zero-order valence-corrected chi connectivity index (χ0v) is 14.8. The third-order valence-electron chi connectivity index (χ3n) is 3.62. The van der Waals surface area contributed by atoms with Crippen LogP contribution in [0.4, 0.5) is 0 Å². The highest BCUT2D eigenvalue weighted by Gasteiger charge is 2.19. The molecule has 0 saturated heterocycles. The van der Waals surface area contributed by atoms with Gasteiger partial charge in [-0.2, -0.15) is 0 Å². The van der Waals surface area contributed by atoms with Gasteiger partial charge in [-0.25, -0.2) is 13.1 Å². The quantitative estimate of drug-likeness (QED) is 0.734. The number of hydrogen-bond donors (Lipinski definition) is 1. The first-order valence-electron chi connectivity index (χ1n) is 7.43. The molecule has 130 valence electrons. The van der Waals surface area contributed by atoms with Crippen LogP contribution in [0.3, 0.4) is 0 Å². The molecule has 2 aromatic heterocycles. The van der Waals surface area contributed by atoms with E-state index < -0.39 is 10.0 Å². The van der Waals surface area contributed by atoms with Crippen LogP contribution in [-0.4, -0.2) is 20.4 Å². The number of thiophene rings is 1. The molecule has 9 heteroatoms. The lowest BCUT2D eigenvalue weighted by molar-refractivity contribution is 0.174. The van der Waals surface area contributed by atoms with Crippen LogP contribution in [-0.2, 0) is 16.6 Å². The summed E-state index contributed by atoms with van der Waals surface area (Å²) in [5, 5.41) is 3.81. The molecule has 0 fully saturated rings. The molecule has 0 bridgehead atoms. The average Bonchev–Trinajstić information content (AvgIpc) is 3.32. The van der Waals surface area contributed by atoms with Crippen LogP contribution in [0.5, 0.6) is 11.5 Å². The van der Waals surface area contributed by atoms with Crippen molar-refractivity contribution < 1.29 is 22.4 Å². The second kappa shape index (κ2) is 6.17. The van der Waals surface area contributed by atoms with Crippen molar-refractivity contribution in [2.75, 3.05) is 6.79 Å². The molecule has 0 amide bonds. The second-order valence-electron chi connectivity index (χ2n) is 5.46. The van der Waals surface area contributed by atoms with Crippen LogP contribution in [0.2, 0.25) is 0 Å². The number of nitrogens with one attached hydrogen (secondary N) is 1. The predicted molar refractivity (Wildman–Crippen MR) is 91.1 cm³/mol. The number of rotatable bonds is 5. The summed E-state index contributed by atoms with van der Waals surface area (Å²) in [6, 6.07) is 10.4. The highest BCUT2D eigenvalue weighted by Crippen LogP contribution is 2.33. The van der Waals surface area contributed by atoms with Crippen molar-refractivity contribution in [2.24, 2.45) is 0 Å². The van der Waals surface area contributed by atoms with Crippen LogP contribution in [0.25, 0.3) is 10.6 Å². The molecule has 1 aliphatic heterocycles. The van der Waals surface area contributed by atoms with Crippen molar-refractivity contribution in [3.63, 3.8) is 0 Å². The number of fused-ring (bicyclic) bond motifs is 1. The summed E-state index contributed by atoms with van der Waals surface area (Å²) in [6.07, 6.45) is 0. The summed E-state index contributed by atoms with van der Waals surface area (Å²) in [6.45, 7) is 2.16. The van der Waals surface area contributed by atoms with E-state index in [2.05, 4.69) is 9.88 Å². The van der Waals surface area contributed by atoms with Crippen molar-refractivity contribution in [3.05, 3.63) is 47.7 Å². The first kappa shape index (κ1) is 16.1. The van der Waals surface area contributed by atoms with Gasteiger partial charge in [0.15, 0.2) is 17.3 Å². The normalized spacial score (nSPS) is 13.3. The van der Waals surface area contributed by atoms with E-state index in [1.54, 1.807) is 36.4 Å². The molecule has 1 N–H and O–H groups in total. The number of nitrogens with zero attached hydrogens (tertiary/aromatic N) is 1. The van der Waals surface area contributed by atoms with Crippen molar-refractivity contribution >= 4 is 21.4 Å². The Morgan fingerprint density at radius 3 is 2.80 bits per heavy atom. The van der Waals surface area contributed by atoms with Crippen molar-refractivity contribution in [2.45, 2.75) is 17.7 Å². The Labute approximate surface area is 148 Å². The number of ether oxygens (including phenoxy) is 2. The lowest BCUT2D eigenvalue weighted by Crippen LogP contribution is -2.22. The van der Waals surface area contributed by atoms with Crippen molar-refractivity contribution in [1.82, 2.24) is 9.88 Å². The lowest BCUT2D eigenvalue weighted by Gasteiger charge is -2.05. The SMILES string of the molecule is Cc1cc(-c2ccc(S(=O)(=O)NCc3ccc4c(c3)OCO4)s2)on1. The molecule has 0 atom stereocenters. The van der Waals surface area contributed by atoms with Crippen molar-refractivity contribution in [1.29, 1.82) is 0 Å². The summed E-state index contributed by atoms with van der Waals surface area (Å²) in [7, 11) is -3.62. The molecule has 3 heterocycles. The van der Waals surface area contributed by atoms with Gasteiger partial charge in [0, 0.05) is 12.6 Å². The highest BCUT2D eigenvalue weighted by molar-refractivity contribution is 7.91. The Bertz CT molecular complexity index is 1020. The van der Waals surface area contributed by atoms with E-state index in [4.69, 9.17) is 14.0 Å². The molecule has 7 nitrogen and oxygen atoms in total. The minimum Gasteiger partial charge on any atom is -0.454 e. The Hall–Kier alpha value is -2.36. The van der Waals surface area contributed by atoms with Crippen LogP contribution in [0, 0.1) is 6.92 Å². The van der Waals surface area contributed by atoms with Gasteiger partial charge in [0.05, 0.1) is 10.6 Å². The molecule has 0 saturated carbocycles. The van der Waals surface area contributed by atoms with Gasteiger partial charge in [-0.15, -0.1) is 11.3 Å². The zero-order valence-electron chi connectivity index (χ0n) is 13.2. The fourth-order valence-corrected chi connectivity index (χ4v) is 4.69. The predicted octanol–water partition coefficient (Wildman–Crippen LogP) is 2.92. The van der Waals surface area contributed by atoms with Crippen LogP contribution in [0.1, 0.15) is 11.3 Å². The van der Waals surface area contributed by atoms with E-state index in [1.165, 1.54) is 0 Å². The molecule has 0 unspecified atom stereocenters. The Kier molecular flexibility index (Phi) is 3.98. The van der Waals surface area contributed by atoms with E-state index in [0.29, 0.717) is 22.1 Å². The molecule has 3 aromatic rings. The number of sulfonamides is 1. The maximum Gasteiger partial charge on any atom is 0.250 e. The van der Waals surface area contributed by atoms with Crippen LogP contribution < -0.4 is 14.2 Å². The van der Waals surface area contributed by atoms with Gasteiger partial charge in [0.2, 0.25) is 16.8 Å². The molecule has 0 spiro atoms. The Morgan fingerprint density at radius 1 is 1.16 bits per heavy atom. The highest BCUT2D eigenvalue weighted by atomic mass is 32.2. The number of aromatic nitrogens is 1. The van der Waals surface area contributed by atoms with Gasteiger partial charge in [0.1, 0.15) is 4.21 Å². The molecule has 4 rings (SSSR count). The van der Waals surface area contributed by atoms with Gasteiger partial charge in [-0.3, -0.25) is 0 Å².